The number of nitrogen functional groups attached to an aromatic ring is 1. The number of hydrogen-bond donors (Lipinski definition) is 2. The van der Waals surface area contributed by atoms with Crippen LogP contribution in [0, 0.1) is 10.1 Å². The summed E-state index contributed by atoms with van der Waals surface area (Å²) in [6.07, 6.45) is 2.51. The molecule has 0 aliphatic carbocycles. The molecule has 7 nitrogen and oxygen atoms in total. The van der Waals surface area contributed by atoms with Crippen molar-refractivity contribution in [3.05, 3.63) is 38.8 Å². The summed E-state index contributed by atoms with van der Waals surface area (Å²) < 4.78 is 0. The first-order chi connectivity index (χ1) is 9.10. The van der Waals surface area contributed by atoms with Gasteiger partial charge in [0, 0.05) is 11.6 Å². The molecule has 0 radical (unpaired) electrons. The van der Waals surface area contributed by atoms with E-state index in [0.29, 0.717) is 5.82 Å². The molecule has 0 aliphatic heterocycles. The lowest BCUT2D eigenvalue weighted by Crippen LogP contribution is -2.11. The van der Waals surface area contributed by atoms with Crippen molar-refractivity contribution in [3.63, 3.8) is 0 Å². The van der Waals surface area contributed by atoms with Gasteiger partial charge >= 0.3 is 0 Å². The molecule has 3 N–H and O–H groups in total. The molecule has 100 valence electrons. The van der Waals surface area contributed by atoms with Crippen LogP contribution in [0.15, 0.2) is 23.7 Å². The molecule has 2 aromatic heterocycles. The smallest absolute Gasteiger partial charge is 0.276 e. The maximum Gasteiger partial charge on any atom is 0.276 e. The molecule has 1 unspecified atom stereocenters. The minimum Gasteiger partial charge on any atom is -0.383 e. The van der Waals surface area contributed by atoms with Crippen molar-refractivity contribution in [2.24, 2.45) is 0 Å². The normalized spacial score (nSPS) is 12.1. The zero-order chi connectivity index (χ0) is 13.8. The van der Waals surface area contributed by atoms with E-state index >= 15 is 0 Å². The number of pyridine rings is 1. The van der Waals surface area contributed by atoms with Gasteiger partial charge in [-0.3, -0.25) is 10.1 Å². The second-order valence-corrected chi connectivity index (χ2v) is 4.79. The Morgan fingerprint density at radius 2 is 2.37 bits per heavy atom. The lowest BCUT2D eigenvalue weighted by molar-refractivity contribution is -0.384. The highest BCUT2D eigenvalue weighted by molar-refractivity contribution is 7.09. The third kappa shape index (κ3) is 3.16. The van der Waals surface area contributed by atoms with Crippen LogP contribution >= 0.6 is 11.3 Å². The molecule has 0 saturated heterocycles. The largest absolute Gasteiger partial charge is 0.383 e. The molecule has 0 amide bonds. The highest BCUT2D eigenvalue weighted by Gasteiger charge is 2.15. The van der Waals surface area contributed by atoms with Crippen LogP contribution in [0.3, 0.4) is 0 Å². The van der Waals surface area contributed by atoms with Crippen molar-refractivity contribution in [1.29, 1.82) is 0 Å². The lowest BCUT2D eigenvalue weighted by Gasteiger charge is -2.15. The predicted octanol–water partition coefficient (Wildman–Crippen LogP) is 2.59. The average Bonchev–Trinajstić information content (AvgIpc) is 2.89. The third-order valence-corrected chi connectivity index (χ3v) is 3.41. The van der Waals surface area contributed by atoms with Gasteiger partial charge in [-0.1, -0.05) is 6.92 Å². The topological polar surface area (TPSA) is 107 Å². The fourth-order valence-electron chi connectivity index (χ4n) is 1.64. The summed E-state index contributed by atoms with van der Waals surface area (Å²) in [5.41, 5.74) is 5.48. The van der Waals surface area contributed by atoms with E-state index in [0.717, 1.165) is 11.4 Å². The Labute approximate surface area is 113 Å². The maximum absolute atomic E-state index is 10.8. The number of rotatable bonds is 5. The molecule has 0 aromatic carbocycles. The SMILES string of the molecule is CCC(Nc1cc([N+](=O)[O-])cc(N)n1)c1nccs1. The van der Waals surface area contributed by atoms with E-state index in [2.05, 4.69) is 15.3 Å². The molecule has 0 bridgehead atoms. The van der Waals surface area contributed by atoms with Crippen LogP contribution in [0.25, 0.3) is 0 Å². The number of nitrogens with zero attached hydrogens (tertiary/aromatic N) is 3. The van der Waals surface area contributed by atoms with Crippen LogP contribution in [0.4, 0.5) is 17.3 Å². The minimum atomic E-state index is -0.492. The second kappa shape index (κ2) is 5.61. The summed E-state index contributed by atoms with van der Waals surface area (Å²) in [4.78, 5) is 18.6. The van der Waals surface area contributed by atoms with E-state index in [1.807, 2.05) is 12.3 Å². The van der Waals surface area contributed by atoms with Gasteiger partial charge in [0.05, 0.1) is 23.1 Å². The van der Waals surface area contributed by atoms with E-state index in [9.17, 15) is 10.1 Å². The first kappa shape index (κ1) is 13.2. The van der Waals surface area contributed by atoms with Gasteiger partial charge in [-0.15, -0.1) is 11.3 Å². The van der Waals surface area contributed by atoms with Crippen LogP contribution in [0.1, 0.15) is 24.4 Å². The zero-order valence-electron chi connectivity index (χ0n) is 10.2. The molecule has 2 heterocycles. The predicted molar refractivity (Wildman–Crippen MR) is 74.1 cm³/mol. The van der Waals surface area contributed by atoms with Gasteiger partial charge in [0.15, 0.2) is 0 Å². The summed E-state index contributed by atoms with van der Waals surface area (Å²) in [7, 11) is 0. The van der Waals surface area contributed by atoms with E-state index in [1.165, 1.54) is 23.5 Å². The second-order valence-electron chi connectivity index (χ2n) is 3.87. The van der Waals surface area contributed by atoms with Gasteiger partial charge in [-0.25, -0.2) is 9.97 Å². The molecular formula is C11H13N5O2S. The van der Waals surface area contributed by atoms with Crippen molar-refractivity contribution in [2.45, 2.75) is 19.4 Å². The Kier molecular flexibility index (Phi) is 3.91. The third-order valence-electron chi connectivity index (χ3n) is 2.52. The monoisotopic (exact) mass is 279 g/mol. The highest BCUT2D eigenvalue weighted by Crippen LogP contribution is 2.26. The van der Waals surface area contributed by atoms with Gasteiger partial charge in [-0.05, 0) is 6.42 Å². The van der Waals surface area contributed by atoms with Crippen molar-refractivity contribution < 1.29 is 4.92 Å². The molecule has 0 fully saturated rings. The average molecular weight is 279 g/mol. The molecule has 2 aromatic rings. The number of aromatic nitrogens is 2. The Morgan fingerprint density at radius 1 is 1.58 bits per heavy atom. The molecular weight excluding hydrogens is 266 g/mol. The molecule has 0 saturated carbocycles. The van der Waals surface area contributed by atoms with Gasteiger partial charge in [0.1, 0.15) is 16.6 Å². The molecule has 19 heavy (non-hydrogen) atoms. The Morgan fingerprint density at radius 3 is 2.95 bits per heavy atom. The standard InChI is InChI=1S/C11H13N5O2S/c1-2-8(11-13-3-4-19-11)14-10-6-7(16(17)18)5-9(12)15-10/h3-6,8H,2H2,1H3,(H3,12,14,15). The molecule has 0 aliphatic rings. The fourth-order valence-corrected chi connectivity index (χ4v) is 2.41. The quantitative estimate of drug-likeness (QED) is 0.643. The highest BCUT2D eigenvalue weighted by atomic mass is 32.1. The van der Waals surface area contributed by atoms with Gasteiger partial charge in [-0.2, -0.15) is 0 Å². The van der Waals surface area contributed by atoms with Crippen LogP contribution in [-0.4, -0.2) is 14.9 Å². The minimum absolute atomic E-state index is 0.0334. The van der Waals surface area contributed by atoms with Crippen molar-refractivity contribution in [3.8, 4) is 0 Å². The van der Waals surface area contributed by atoms with Crippen molar-refractivity contribution in [2.75, 3.05) is 11.1 Å². The van der Waals surface area contributed by atoms with Crippen LogP contribution in [-0.2, 0) is 0 Å². The number of hydrogen-bond acceptors (Lipinski definition) is 7. The number of nitro groups is 1. The van der Waals surface area contributed by atoms with Crippen LogP contribution in [0.5, 0.6) is 0 Å². The Hall–Kier alpha value is -2.22. The van der Waals surface area contributed by atoms with E-state index in [1.54, 1.807) is 6.20 Å². The maximum atomic E-state index is 10.8. The molecule has 1 atom stereocenters. The molecule has 8 heteroatoms. The van der Waals surface area contributed by atoms with Gasteiger partial charge < -0.3 is 11.1 Å². The Bertz CT molecular complexity index is 572. The number of nitrogens with one attached hydrogen (secondary N) is 1. The zero-order valence-corrected chi connectivity index (χ0v) is 11.1. The van der Waals surface area contributed by atoms with E-state index in [4.69, 9.17) is 5.73 Å². The van der Waals surface area contributed by atoms with Crippen molar-refractivity contribution in [1.82, 2.24) is 9.97 Å². The van der Waals surface area contributed by atoms with E-state index in [-0.39, 0.29) is 17.5 Å². The fraction of sp³-hybridized carbons (Fsp3) is 0.273. The van der Waals surface area contributed by atoms with Gasteiger partial charge in [0.25, 0.3) is 5.69 Å². The Balaban J connectivity index is 2.24. The first-order valence-electron chi connectivity index (χ1n) is 5.68. The number of nitrogens with two attached hydrogens (primary N) is 1. The lowest BCUT2D eigenvalue weighted by atomic mass is 10.2. The molecule has 2 rings (SSSR count). The van der Waals surface area contributed by atoms with Gasteiger partial charge in [0.2, 0.25) is 0 Å². The number of anilines is 2. The van der Waals surface area contributed by atoms with Crippen LogP contribution in [0.2, 0.25) is 0 Å². The summed E-state index contributed by atoms with van der Waals surface area (Å²) in [6, 6.07) is 2.57. The molecule has 0 spiro atoms. The number of thiazole rings is 1. The van der Waals surface area contributed by atoms with Crippen molar-refractivity contribution >= 4 is 28.7 Å². The summed E-state index contributed by atoms with van der Waals surface area (Å²) in [6.45, 7) is 2.00. The summed E-state index contributed by atoms with van der Waals surface area (Å²) in [5, 5.41) is 16.7. The summed E-state index contributed by atoms with van der Waals surface area (Å²) >= 11 is 1.52. The first-order valence-corrected chi connectivity index (χ1v) is 6.56. The van der Waals surface area contributed by atoms with E-state index < -0.39 is 4.92 Å². The summed E-state index contributed by atoms with van der Waals surface area (Å²) in [5.74, 6) is 0.499. The van der Waals surface area contributed by atoms with Crippen LogP contribution < -0.4 is 11.1 Å².